The van der Waals surface area contributed by atoms with E-state index in [4.69, 9.17) is 4.74 Å². The highest BCUT2D eigenvalue weighted by Gasteiger charge is 2.32. The summed E-state index contributed by atoms with van der Waals surface area (Å²) in [7, 11) is 0. The first-order valence-electron chi connectivity index (χ1n) is 9.77. The van der Waals surface area contributed by atoms with Crippen LogP contribution in [0.3, 0.4) is 0 Å². The van der Waals surface area contributed by atoms with Crippen LogP contribution in [0.2, 0.25) is 0 Å². The van der Waals surface area contributed by atoms with Crippen LogP contribution in [0.1, 0.15) is 32.6 Å². The van der Waals surface area contributed by atoms with E-state index in [1.54, 1.807) is 0 Å². The summed E-state index contributed by atoms with van der Waals surface area (Å²) < 4.78 is 6.32. The standard InChI is InChI=1S/C27H20O2/c1-18-8-6-9-19(16-18)17-29-27-24-14-5-4-13-23(24)26(28)25(27)22-15-7-11-20-10-2-3-12-21(20)22/h2-16H,17H2,1H3. The smallest absolute Gasteiger partial charge is 0.198 e. The average Bonchev–Trinajstić information content (AvgIpc) is 3.04. The molecule has 29 heavy (non-hydrogen) atoms. The lowest BCUT2D eigenvalue weighted by Gasteiger charge is -2.13. The molecule has 4 aromatic carbocycles. The number of benzene rings is 4. The Balaban J connectivity index is 1.66. The molecule has 0 heterocycles. The molecule has 1 aliphatic rings. The van der Waals surface area contributed by atoms with Gasteiger partial charge in [0.15, 0.2) is 5.78 Å². The molecule has 1 aliphatic carbocycles. The Kier molecular flexibility index (Phi) is 4.25. The van der Waals surface area contributed by atoms with Crippen molar-refractivity contribution < 1.29 is 9.53 Å². The predicted molar refractivity (Wildman–Crippen MR) is 118 cm³/mol. The van der Waals surface area contributed by atoms with Gasteiger partial charge in [0.2, 0.25) is 0 Å². The first kappa shape index (κ1) is 17.4. The van der Waals surface area contributed by atoms with Gasteiger partial charge in [0.25, 0.3) is 0 Å². The van der Waals surface area contributed by atoms with Gasteiger partial charge >= 0.3 is 0 Å². The number of hydrogen-bond donors (Lipinski definition) is 0. The number of aryl methyl sites for hydroxylation is 1. The van der Waals surface area contributed by atoms with Crippen LogP contribution in [0.15, 0.2) is 91.0 Å². The van der Waals surface area contributed by atoms with Crippen molar-refractivity contribution in [2.75, 3.05) is 0 Å². The van der Waals surface area contributed by atoms with E-state index in [2.05, 4.69) is 37.3 Å². The maximum Gasteiger partial charge on any atom is 0.198 e. The first-order chi connectivity index (χ1) is 14.2. The molecular formula is C27H20O2. The van der Waals surface area contributed by atoms with E-state index in [-0.39, 0.29) is 5.78 Å². The van der Waals surface area contributed by atoms with E-state index in [9.17, 15) is 4.79 Å². The Morgan fingerprint density at radius 3 is 2.28 bits per heavy atom. The zero-order valence-corrected chi connectivity index (χ0v) is 16.2. The summed E-state index contributed by atoms with van der Waals surface area (Å²) in [5, 5.41) is 2.17. The summed E-state index contributed by atoms with van der Waals surface area (Å²) in [6, 6.07) is 30.2. The van der Waals surface area contributed by atoms with Crippen molar-refractivity contribution in [1.29, 1.82) is 0 Å². The summed E-state index contributed by atoms with van der Waals surface area (Å²) in [6.45, 7) is 2.49. The van der Waals surface area contributed by atoms with Crippen LogP contribution in [0.4, 0.5) is 0 Å². The van der Waals surface area contributed by atoms with E-state index in [1.165, 1.54) is 5.56 Å². The Bertz CT molecular complexity index is 1280. The van der Waals surface area contributed by atoms with Crippen LogP contribution in [0.5, 0.6) is 0 Å². The topological polar surface area (TPSA) is 26.3 Å². The predicted octanol–water partition coefficient (Wildman–Crippen LogP) is 6.43. The van der Waals surface area contributed by atoms with E-state index in [0.717, 1.165) is 27.5 Å². The normalized spacial score (nSPS) is 13.1. The van der Waals surface area contributed by atoms with Crippen LogP contribution in [0.25, 0.3) is 22.1 Å². The second-order valence-electron chi connectivity index (χ2n) is 7.38. The first-order valence-corrected chi connectivity index (χ1v) is 9.77. The molecule has 0 unspecified atom stereocenters. The Morgan fingerprint density at radius 1 is 0.724 bits per heavy atom. The fourth-order valence-corrected chi connectivity index (χ4v) is 4.05. The maximum atomic E-state index is 13.4. The van der Waals surface area contributed by atoms with Gasteiger partial charge in [-0.2, -0.15) is 0 Å². The van der Waals surface area contributed by atoms with Gasteiger partial charge < -0.3 is 4.74 Å². The molecule has 0 saturated carbocycles. The highest BCUT2D eigenvalue weighted by Crippen LogP contribution is 2.41. The maximum absolute atomic E-state index is 13.4. The highest BCUT2D eigenvalue weighted by molar-refractivity contribution is 6.40. The quantitative estimate of drug-likeness (QED) is 0.410. The monoisotopic (exact) mass is 376 g/mol. The zero-order chi connectivity index (χ0) is 19.8. The van der Waals surface area contributed by atoms with Gasteiger partial charge in [0.1, 0.15) is 12.4 Å². The van der Waals surface area contributed by atoms with E-state index < -0.39 is 0 Å². The van der Waals surface area contributed by atoms with Crippen LogP contribution >= 0.6 is 0 Å². The number of carbonyl (C=O) groups excluding carboxylic acids is 1. The SMILES string of the molecule is Cc1cccc(COC2=C(c3cccc4ccccc34)C(=O)c3ccccc32)c1. The minimum Gasteiger partial charge on any atom is -0.487 e. The Morgan fingerprint density at radius 2 is 1.41 bits per heavy atom. The summed E-state index contributed by atoms with van der Waals surface area (Å²) in [4.78, 5) is 13.4. The molecule has 0 radical (unpaired) electrons. The number of carbonyl (C=O) groups is 1. The van der Waals surface area contributed by atoms with Gasteiger partial charge in [-0.3, -0.25) is 4.79 Å². The number of rotatable bonds is 4. The molecule has 0 spiro atoms. The fraction of sp³-hybridized carbons (Fsp3) is 0.0741. The van der Waals surface area contributed by atoms with E-state index >= 15 is 0 Å². The number of ether oxygens (including phenoxy) is 1. The van der Waals surface area contributed by atoms with Gasteiger partial charge in [0, 0.05) is 11.1 Å². The number of fused-ring (bicyclic) bond motifs is 2. The van der Waals surface area contributed by atoms with Gasteiger partial charge in [-0.25, -0.2) is 0 Å². The summed E-state index contributed by atoms with van der Waals surface area (Å²) >= 11 is 0. The third kappa shape index (κ3) is 3.03. The Labute approximate surface area is 170 Å². The largest absolute Gasteiger partial charge is 0.487 e. The third-order valence-corrected chi connectivity index (χ3v) is 5.40. The molecule has 0 saturated heterocycles. The van der Waals surface area contributed by atoms with Gasteiger partial charge in [-0.1, -0.05) is 96.6 Å². The molecule has 0 fully saturated rings. The second-order valence-corrected chi connectivity index (χ2v) is 7.38. The fourth-order valence-electron chi connectivity index (χ4n) is 4.05. The molecule has 0 aliphatic heterocycles. The van der Waals surface area contributed by atoms with Crippen molar-refractivity contribution >= 4 is 27.9 Å². The summed E-state index contributed by atoms with van der Waals surface area (Å²) in [5.74, 6) is 0.694. The molecule has 0 amide bonds. The zero-order valence-electron chi connectivity index (χ0n) is 16.2. The van der Waals surface area contributed by atoms with Crippen molar-refractivity contribution in [2.45, 2.75) is 13.5 Å². The minimum absolute atomic E-state index is 0.0243. The minimum atomic E-state index is 0.0243. The lowest BCUT2D eigenvalue weighted by Crippen LogP contribution is -2.00. The van der Waals surface area contributed by atoms with Gasteiger partial charge in [0.05, 0.1) is 5.57 Å². The molecule has 4 aromatic rings. The molecule has 0 atom stereocenters. The molecule has 140 valence electrons. The Hall–Kier alpha value is -3.65. The van der Waals surface area contributed by atoms with Crippen molar-refractivity contribution in [3.8, 4) is 0 Å². The molecule has 2 heteroatoms. The van der Waals surface area contributed by atoms with Gasteiger partial charge in [-0.15, -0.1) is 0 Å². The number of allylic oxidation sites excluding steroid dienone is 1. The average molecular weight is 376 g/mol. The summed E-state index contributed by atoms with van der Waals surface area (Å²) in [5.41, 5.74) is 5.42. The second kappa shape index (κ2) is 7.06. The van der Waals surface area contributed by atoms with Crippen molar-refractivity contribution in [1.82, 2.24) is 0 Å². The van der Waals surface area contributed by atoms with E-state index in [1.807, 2.05) is 60.7 Å². The van der Waals surface area contributed by atoms with Gasteiger partial charge in [-0.05, 0) is 28.8 Å². The summed E-state index contributed by atoms with van der Waals surface area (Å²) in [6.07, 6.45) is 0. The lowest BCUT2D eigenvalue weighted by molar-refractivity contribution is 0.105. The third-order valence-electron chi connectivity index (χ3n) is 5.40. The van der Waals surface area contributed by atoms with Crippen LogP contribution in [0, 0.1) is 6.92 Å². The molecule has 2 nitrogen and oxygen atoms in total. The molecule has 5 rings (SSSR count). The highest BCUT2D eigenvalue weighted by atomic mass is 16.5. The molecule has 0 aromatic heterocycles. The van der Waals surface area contributed by atoms with E-state index in [0.29, 0.717) is 23.5 Å². The van der Waals surface area contributed by atoms with Crippen molar-refractivity contribution in [3.63, 3.8) is 0 Å². The molecule has 0 N–H and O–H groups in total. The van der Waals surface area contributed by atoms with Crippen molar-refractivity contribution in [3.05, 3.63) is 119 Å². The van der Waals surface area contributed by atoms with Crippen LogP contribution in [-0.4, -0.2) is 5.78 Å². The number of Topliss-reactive ketones (excluding diaryl/α,β-unsaturated/α-hetero) is 1. The van der Waals surface area contributed by atoms with Crippen LogP contribution < -0.4 is 0 Å². The number of hydrogen-bond acceptors (Lipinski definition) is 2. The number of ketones is 1. The lowest BCUT2D eigenvalue weighted by atomic mass is 9.96. The molecular weight excluding hydrogens is 356 g/mol. The molecule has 0 bridgehead atoms. The van der Waals surface area contributed by atoms with Crippen LogP contribution in [-0.2, 0) is 11.3 Å². The van der Waals surface area contributed by atoms with Crippen molar-refractivity contribution in [2.24, 2.45) is 0 Å².